The number of hydrogen-bond donors (Lipinski definition) is 1. The van der Waals surface area contributed by atoms with Crippen molar-refractivity contribution in [3.05, 3.63) is 63.7 Å². The molecule has 1 saturated carbocycles. The average Bonchev–Trinajstić information content (AvgIpc) is 3.20. The van der Waals surface area contributed by atoms with Crippen molar-refractivity contribution in [2.24, 2.45) is 0 Å². The Balaban J connectivity index is 1.12. The van der Waals surface area contributed by atoms with Gasteiger partial charge in [-0.2, -0.15) is 5.26 Å². The van der Waals surface area contributed by atoms with Gasteiger partial charge in [0.05, 0.1) is 11.6 Å². The van der Waals surface area contributed by atoms with E-state index in [9.17, 15) is 19.6 Å². The van der Waals surface area contributed by atoms with E-state index in [-0.39, 0.29) is 24.3 Å². The molecule has 9 heteroatoms. The van der Waals surface area contributed by atoms with E-state index in [0.717, 1.165) is 55.6 Å². The molecule has 0 bridgehead atoms. The van der Waals surface area contributed by atoms with E-state index in [4.69, 9.17) is 16.3 Å². The minimum absolute atomic E-state index is 0.0479. The lowest BCUT2D eigenvalue weighted by molar-refractivity contribution is -0.136. The lowest BCUT2D eigenvalue weighted by Crippen LogP contribution is -2.57. The summed E-state index contributed by atoms with van der Waals surface area (Å²) < 4.78 is 6.54. The monoisotopic (exact) mass is 532 g/mol. The number of nitrogens with one attached hydrogen (secondary N) is 1. The standard InChI is InChI=1S/C29H29ClN4O4/c30-20-5-7-22(17(11-20)13-31)19-14-33(15-19)24-3-1-2-4-26(24)38-21-6-8-23-18(12-21)16-34(29(23)37)25-9-10-27(35)32-28(25)36/h5-8,11-12,19,24-26H,1-4,9-10,14-16H2,(H,32,35,36)/t24-,25+,26-/m1/s1. The Bertz CT molecular complexity index is 1350. The van der Waals surface area contributed by atoms with Crippen LogP contribution in [-0.4, -0.2) is 58.8 Å². The third-order valence-corrected chi connectivity index (χ3v) is 8.64. The Morgan fingerprint density at radius 2 is 1.84 bits per heavy atom. The predicted octanol–water partition coefficient (Wildman–Crippen LogP) is 3.76. The molecule has 6 rings (SSSR count). The minimum Gasteiger partial charge on any atom is -0.489 e. The number of imide groups is 1. The molecular weight excluding hydrogens is 504 g/mol. The van der Waals surface area contributed by atoms with Crippen molar-refractivity contribution in [3.8, 4) is 11.8 Å². The van der Waals surface area contributed by atoms with Crippen molar-refractivity contribution in [1.82, 2.24) is 15.1 Å². The number of benzene rings is 2. The fourth-order valence-corrected chi connectivity index (χ4v) is 6.56. The molecule has 1 N–H and O–H groups in total. The highest BCUT2D eigenvalue weighted by atomic mass is 35.5. The van der Waals surface area contributed by atoms with Crippen LogP contribution in [0.25, 0.3) is 0 Å². The first-order valence-corrected chi connectivity index (χ1v) is 13.7. The Morgan fingerprint density at radius 3 is 2.63 bits per heavy atom. The van der Waals surface area contributed by atoms with Gasteiger partial charge in [0.25, 0.3) is 5.91 Å². The zero-order valence-electron chi connectivity index (χ0n) is 21.0. The number of carbonyl (C=O) groups is 3. The quantitative estimate of drug-likeness (QED) is 0.588. The minimum atomic E-state index is -0.624. The first-order valence-electron chi connectivity index (χ1n) is 13.3. The summed E-state index contributed by atoms with van der Waals surface area (Å²) in [4.78, 5) is 40.9. The van der Waals surface area contributed by atoms with Crippen LogP contribution in [0.15, 0.2) is 36.4 Å². The number of ether oxygens (including phenoxy) is 1. The number of piperidine rings is 1. The van der Waals surface area contributed by atoms with Crippen molar-refractivity contribution < 1.29 is 19.1 Å². The molecule has 2 aromatic carbocycles. The number of carbonyl (C=O) groups excluding carboxylic acids is 3. The summed E-state index contributed by atoms with van der Waals surface area (Å²) in [5, 5.41) is 12.5. The van der Waals surface area contributed by atoms with Gasteiger partial charge in [-0.05, 0) is 67.1 Å². The van der Waals surface area contributed by atoms with Crippen LogP contribution < -0.4 is 10.1 Å². The summed E-state index contributed by atoms with van der Waals surface area (Å²) in [6, 6.07) is 13.1. The number of amides is 3. The summed E-state index contributed by atoms with van der Waals surface area (Å²) in [5.74, 6) is 0.175. The van der Waals surface area contributed by atoms with Gasteiger partial charge in [0.15, 0.2) is 0 Å². The smallest absolute Gasteiger partial charge is 0.255 e. The molecule has 0 aromatic heterocycles. The van der Waals surface area contributed by atoms with Crippen LogP contribution >= 0.6 is 11.6 Å². The Labute approximate surface area is 226 Å². The summed E-state index contributed by atoms with van der Waals surface area (Å²) in [5.41, 5.74) is 3.15. The van der Waals surface area contributed by atoms with Crippen molar-refractivity contribution in [2.45, 2.75) is 69.2 Å². The van der Waals surface area contributed by atoms with E-state index in [1.54, 1.807) is 17.0 Å². The van der Waals surface area contributed by atoms with E-state index in [2.05, 4.69) is 16.3 Å². The van der Waals surface area contributed by atoms with Crippen molar-refractivity contribution in [1.29, 1.82) is 5.26 Å². The molecule has 196 valence electrons. The second kappa shape index (κ2) is 10.0. The maximum Gasteiger partial charge on any atom is 0.255 e. The number of fused-ring (bicyclic) bond motifs is 1. The van der Waals surface area contributed by atoms with Gasteiger partial charge < -0.3 is 9.64 Å². The van der Waals surface area contributed by atoms with Gasteiger partial charge in [-0.3, -0.25) is 24.6 Å². The highest BCUT2D eigenvalue weighted by Crippen LogP contribution is 2.38. The predicted molar refractivity (Wildman–Crippen MR) is 140 cm³/mol. The molecule has 0 unspecified atom stereocenters. The lowest BCUT2D eigenvalue weighted by Gasteiger charge is -2.48. The average molecular weight is 533 g/mol. The van der Waals surface area contributed by atoms with Crippen molar-refractivity contribution in [3.63, 3.8) is 0 Å². The van der Waals surface area contributed by atoms with E-state index in [1.165, 1.54) is 0 Å². The molecule has 3 aliphatic heterocycles. The molecule has 2 aromatic rings. The fourth-order valence-electron chi connectivity index (χ4n) is 6.39. The summed E-state index contributed by atoms with van der Waals surface area (Å²) in [6.45, 7) is 2.11. The molecule has 2 saturated heterocycles. The number of likely N-dealkylation sites (tertiary alicyclic amines) is 1. The zero-order valence-corrected chi connectivity index (χ0v) is 21.7. The number of hydrogen-bond acceptors (Lipinski definition) is 6. The Morgan fingerprint density at radius 1 is 1.03 bits per heavy atom. The first kappa shape index (κ1) is 24.9. The molecule has 38 heavy (non-hydrogen) atoms. The van der Waals surface area contributed by atoms with Crippen LogP contribution in [0.3, 0.4) is 0 Å². The Kier molecular flexibility index (Phi) is 6.58. The van der Waals surface area contributed by atoms with Gasteiger partial charge in [-0.25, -0.2) is 0 Å². The fraction of sp³-hybridized carbons (Fsp3) is 0.448. The van der Waals surface area contributed by atoms with Crippen LogP contribution in [-0.2, 0) is 16.1 Å². The van der Waals surface area contributed by atoms with Gasteiger partial charge >= 0.3 is 0 Å². The van der Waals surface area contributed by atoms with E-state index in [1.807, 2.05) is 24.3 Å². The molecule has 3 fully saturated rings. The largest absolute Gasteiger partial charge is 0.489 e. The molecule has 4 aliphatic rings. The van der Waals surface area contributed by atoms with Gasteiger partial charge in [-0.15, -0.1) is 0 Å². The summed E-state index contributed by atoms with van der Waals surface area (Å²) >= 11 is 6.08. The van der Waals surface area contributed by atoms with E-state index >= 15 is 0 Å². The van der Waals surface area contributed by atoms with Gasteiger partial charge in [0.2, 0.25) is 11.8 Å². The molecule has 3 amide bonds. The number of nitriles is 1. The highest BCUT2D eigenvalue weighted by Gasteiger charge is 2.41. The van der Waals surface area contributed by atoms with Gasteiger partial charge in [0.1, 0.15) is 17.9 Å². The topological polar surface area (TPSA) is 103 Å². The number of rotatable bonds is 5. The second-order valence-electron chi connectivity index (χ2n) is 10.7. The third-order valence-electron chi connectivity index (χ3n) is 8.40. The van der Waals surface area contributed by atoms with Gasteiger partial charge in [-0.1, -0.05) is 24.1 Å². The first-order chi connectivity index (χ1) is 18.4. The summed E-state index contributed by atoms with van der Waals surface area (Å²) in [6.07, 6.45) is 4.94. The van der Waals surface area contributed by atoms with Gasteiger partial charge in [0, 0.05) is 48.6 Å². The normalized spacial score (nSPS) is 25.9. The van der Waals surface area contributed by atoms with Crippen LogP contribution in [0.2, 0.25) is 5.02 Å². The molecular formula is C29H29ClN4O4. The van der Waals surface area contributed by atoms with Crippen LogP contribution in [0.4, 0.5) is 0 Å². The van der Waals surface area contributed by atoms with E-state index < -0.39 is 11.9 Å². The van der Waals surface area contributed by atoms with Crippen molar-refractivity contribution >= 4 is 29.3 Å². The zero-order chi connectivity index (χ0) is 26.4. The molecule has 0 spiro atoms. The maximum absolute atomic E-state index is 13.0. The third kappa shape index (κ3) is 4.55. The van der Waals surface area contributed by atoms with Crippen LogP contribution in [0.1, 0.15) is 71.5 Å². The second-order valence-corrected chi connectivity index (χ2v) is 11.2. The molecule has 3 heterocycles. The highest BCUT2D eigenvalue weighted by molar-refractivity contribution is 6.30. The molecule has 8 nitrogen and oxygen atoms in total. The number of halogens is 1. The van der Waals surface area contributed by atoms with Crippen molar-refractivity contribution in [2.75, 3.05) is 13.1 Å². The van der Waals surface area contributed by atoms with E-state index in [0.29, 0.717) is 41.1 Å². The van der Waals surface area contributed by atoms with Crippen LogP contribution in [0.5, 0.6) is 5.75 Å². The molecule has 1 aliphatic carbocycles. The number of nitrogens with zero attached hydrogens (tertiary/aromatic N) is 3. The SMILES string of the molecule is N#Cc1cc(Cl)ccc1C1CN([C@@H]2CCCC[C@H]2Oc2ccc3c(c2)CN([C@H]2CCC(=O)NC2=O)C3=O)C1. The summed E-state index contributed by atoms with van der Waals surface area (Å²) in [7, 11) is 0. The van der Waals surface area contributed by atoms with Crippen LogP contribution in [0, 0.1) is 11.3 Å². The lowest BCUT2D eigenvalue weighted by atomic mass is 9.83. The molecule has 0 radical (unpaired) electrons. The maximum atomic E-state index is 13.0. The Hall–Kier alpha value is -3.41. The molecule has 3 atom stereocenters.